The number of esters is 3. The van der Waals surface area contributed by atoms with Gasteiger partial charge in [0.15, 0.2) is 6.10 Å². The molecule has 0 radical (unpaired) electrons. The van der Waals surface area contributed by atoms with Crippen molar-refractivity contribution in [2.45, 2.75) is 219 Å². The second-order valence-electron chi connectivity index (χ2n) is 17.7. The van der Waals surface area contributed by atoms with Gasteiger partial charge in [0.1, 0.15) is 13.2 Å². The van der Waals surface area contributed by atoms with E-state index in [0.29, 0.717) is 19.3 Å². The monoisotopic (exact) mass is 977 g/mol. The highest BCUT2D eigenvalue weighted by atomic mass is 16.6. The smallest absolute Gasteiger partial charge is 0.306 e. The van der Waals surface area contributed by atoms with Gasteiger partial charge in [-0.1, -0.05) is 217 Å². The molecule has 0 spiro atoms. The van der Waals surface area contributed by atoms with Crippen LogP contribution < -0.4 is 0 Å². The lowest BCUT2D eigenvalue weighted by atomic mass is 10.1. The van der Waals surface area contributed by atoms with Crippen molar-refractivity contribution in [3.05, 3.63) is 158 Å². The summed E-state index contributed by atoms with van der Waals surface area (Å²) in [4.78, 5) is 38.1. The Morgan fingerprint density at radius 1 is 0.296 bits per heavy atom. The molecule has 1 atom stereocenters. The Bertz CT molecular complexity index is 1640. The van der Waals surface area contributed by atoms with Gasteiger partial charge >= 0.3 is 17.9 Å². The third kappa shape index (κ3) is 55.8. The molecule has 0 fully saturated rings. The normalized spacial score (nSPS) is 13.3. The lowest BCUT2D eigenvalue weighted by Gasteiger charge is -2.18. The van der Waals surface area contributed by atoms with Gasteiger partial charge in [-0.2, -0.15) is 0 Å². The van der Waals surface area contributed by atoms with Gasteiger partial charge in [-0.3, -0.25) is 14.4 Å². The summed E-state index contributed by atoms with van der Waals surface area (Å²) in [6.45, 7) is 6.26. The first-order valence-electron chi connectivity index (χ1n) is 28.0. The molecule has 6 nitrogen and oxygen atoms in total. The Balaban J connectivity index is 4.63. The first-order valence-corrected chi connectivity index (χ1v) is 28.0. The zero-order chi connectivity index (χ0) is 51.4. The molecule has 0 heterocycles. The fraction of sp³-hybridized carbons (Fsp3) is 0.554. The molecule has 0 aromatic rings. The van der Waals surface area contributed by atoms with Crippen molar-refractivity contribution in [3.8, 4) is 0 Å². The van der Waals surface area contributed by atoms with E-state index in [9.17, 15) is 14.4 Å². The summed E-state index contributed by atoms with van der Waals surface area (Å²) >= 11 is 0. The standard InChI is InChI=1S/C65H100O6/c1-4-7-10-13-16-19-22-25-28-30-32-34-37-40-43-46-49-52-55-58-64(67)70-61-62(60-69-63(66)57-54-51-48-45-42-39-36-27-24-21-18-15-12-9-6-3)71-65(68)59-56-53-50-47-44-41-38-35-33-31-29-26-23-20-17-14-11-8-5-2/h7,9-10,12,16-21,25-29,32-36,40-41,43-44,49,52,62H,4-6,8,11,13-15,22-24,30-31,37-39,42,45-48,50-51,53-61H2,1-3H3/b10-7-,12-9-,19-16-,20-17-,21-18-,28-25-,29-26-,34-32-,35-33-,36-27-,43-40-,44-41-,52-49-/t62-/m1/s1. The van der Waals surface area contributed by atoms with Gasteiger partial charge < -0.3 is 14.2 Å². The van der Waals surface area contributed by atoms with Crippen LogP contribution in [0.3, 0.4) is 0 Å². The maximum absolute atomic E-state index is 12.8. The van der Waals surface area contributed by atoms with E-state index >= 15 is 0 Å². The zero-order valence-corrected chi connectivity index (χ0v) is 45.2. The Hall–Kier alpha value is -4.97. The summed E-state index contributed by atoms with van der Waals surface area (Å²) in [6, 6.07) is 0. The maximum atomic E-state index is 12.8. The van der Waals surface area contributed by atoms with E-state index < -0.39 is 6.10 Å². The molecule has 0 bridgehead atoms. The summed E-state index contributed by atoms with van der Waals surface area (Å²) in [7, 11) is 0. The Morgan fingerprint density at radius 3 is 0.958 bits per heavy atom. The molecule has 71 heavy (non-hydrogen) atoms. The van der Waals surface area contributed by atoms with Gasteiger partial charge in [-0.05, 0) is 135 Å². The number of rotatable bonds is 48. The topological polar surface area (TPSA) is 78.9 Å². The fourth-order valence-corrected chi connectivity index (χ4v) is 6.88. The molecule has 0 aliphatic rings. The highest BCUT2D eigenvalue weighted by molar-refractivity contribution is 5.71. The van der Waals surface area contributed by atoms with E-state index in [0.717, 1.165) is 135 Å². The van der Waals surface area contributed by atoms with Crippen molar-refractivity contribution >= 4 is 17.9 Å². The lowest BCUT2D eigenvalue weighted by molar-refractivity contribution is -0.166. The highest BCUT2D eigenvalue weighted by Crippen LogP contribution is 2.11. The molecule has 0 aliphatic carbocycles. The molecule has 0 saturated carbocycles. The van der Waals surface area contributed by atoms with Crippen LogP contribution in [0.2, 0.25) is 0 Å². The van der Waals surface area contributed by atoms with Crippen molar-refractivity contribution in [2.24, 2.45) is 0 Å². The molecule has 0 unspecified atom stereocenters. The van der Waals surface area contributed by atoms with E-state index in [1.165, 1.54) is 25.7 Å². The van der Waals surface area contributed by atoms with Gasteiger partial charge in [-0.15, -0.1) is 0 Å². The van der Waals surface area contributed by atoms with Crippen LogP contribution >= 0.6 is 0 Å². The average molecular weight is 978 g/mol. The van der Waals surface area contributed by atoms with Crippen molar-refractivity contribution in [1.82, 2.24) is 0 Å². The van der Waals surface area contributed by atoms with Gasteiger partial charge in [0, 0.05) is 19.3 Å². The minimum Gasteiger partial charge on any atom is -0.462 e. The van der Waals surface area contributed by atoms with Crippen LogP contribution in [0.25, 0.3) is 0 Å². The minimum atomic E-state index is -0.841. The molecule has 0 amide bonds. The van der Waals surface area contributed by atoms with Crippen LogP contribution in [-0.2, 0) is 28.6 Å². The first-order chi connectivity index (χ1) is 35.0. The fourth-order valence-electron chi connectivity index (χ4n) is 6.88. The van der Waals surface area contributed by atoms with Gasteiger partial charge in [0.25, 0.3) is 0 Å². The Labute approximate surface area is 435 Å². The predicted octanol–water partition coefficient (Wildman–Crippen LogP) is 19.0. The number of allylic oxidation sites excluding steroid dienone is 26. The van der Waals surface area contributed by atoms with Crippen LogP contribution in [-0.4, -0.2) is 37.2 Å². The van der Waals surface area contributed by atoms with E-state index in [2.05, 4.69) is 167 Å². The second-order valence-corrected chi connectivity index (χ2v) is 17.7. The Morgan fingerprint density at radius 2 is 0.577 bits per heavy atom. The molecule has 0 saturated heterocycles. The molecular weight excluding hydrogens is 877 g/mol. The van der Waals surface area contributed by atoms with Crippen molar-refractivity contribution in [2.75, 3.05) is 13.2 Å². The van der Waals surface area contributed by atoms with Crippen LogP contribution in [0.15, 0.2) is 158 Å². The summed E-state index contributed by atoms with van der Waals surface area (Å²) in [5.41, 5.74) is 0. The van der Waals surface area contributed by atoms with Crippen LogP contribution in [0.4, 0.5) is 0 Å². The number of carbonyl (C=O) groups excluding carboxylic acids is 3. The number of ether oxygens (including phenoxy) is 3. The number of hydrogen-bond donors (Lipinski definition) is 0. The van der Waals surface area contributed by atoms with E-state index in [1.807, 2.05) is 12.2 Å². The molecular formula is C65H100O6. The summed E-state index contributed by atoms with van der Waals surface area (Å²) < 4.78 is 16.7. The van der Waals surface area contributed by atoms with Crippen molar-refractivity contribution < 1.29 is 28.6 Å². The minimum absolute atomic E-state index is 0.131. The van der Waals surface area contributed by atoms with Crippen LogP contribution in [0.5, 0.6) is 0 Å². The van der Waals surface area contributed by atoms with E-state index in [1.54, 1.807) is 0 Å². The summed E-state index contributed by atoms with van der Waals surface area (Å²) in [5.74, 6) is -1.08. The number of carbonyl (C=O) groups is 3. The van der Waals surface area contributed by atoms with E-state index in [4.69, 9.17) is 14.2 Å². The molecule has 0 aliphatic heterocycles. The Kier molecular flexibility index (Phi) is 53.6. The quantitative estimate of drug-likeness (QED) is 0.0262. The summed E-state index contributed by atoms with van der Waals surface area (Å²) in [5, 5.41) is 0. The zero-order valence-electron chi connectivity index (χ0n) is 45.2. The van der Waals surface area contributed by atoms with Crippen LogP contribution in [0.1, 0.15) is 213 Å². The summed E-state index contributed by atoms with van der Waals surface area (Å²) in [6.07, 6.45) is 83.8. The average Bonchev–Trinajstić information content (AvgIpc) is 3.37. The molecule has 0 N–H and O–H groups in total. The SMILES string of the molecule is CC/C=C\C/C=C\C/C=C\C/C=C\C/C=C\C/C=C\CCC(=O)OC[C@@H](COC(=O)CCCCCCC/C=C\C/C=C\C/C=C\CC)OC(=O)CCCCC/C=C\C/C=C\C/C=C\C/C=C\CCCCC. The molecule has 396 valence electrons. The third-order valence-electron chi connectivity index (χ3n) is 11.0. The molecule has 0 aromatic heterocycles. The van der Waals surface area contributed by atoms with Gasteiger partial charge in [-0.25, -0.2) is 0 Å². The highest BCUT2D eigenvalue weighted by Gasteiger charge is 2.19. The third-order valence-corrected chi connectivity index (χ3v) is 11.0. The second kappa shape index (κ2) is 57.6. The van der Waals surface area contributed by atoms with Crippen molar-refractivity contribution in [3.63, 3.8) is 0 Å². The van der Waals surface area contributed by atoms with E-state index in [-0.39, 0.29) is 44.0 Å². The largest absolute Gasteiger partial charge is 0.462 e. The molecule has 0 rings (SSSR count). The molecule has 6 heteroatoms. The van der Waals surface area contributed by atoms with Gasteiger partial charge in [0.05, 0.1) is 0 Å². The van der Waals surface area contributed by atoms with Crippen LogP contribution in [0, 0.1) is 0 Å². The lowest BCUT2D eigenvalue weighted by Crippen LogP contribution is -2.30. The molecule has 0 aromatic carbocycles. The van der Waals surface area contributed by atoms with Crippen molar-refractivity contribution in [1.29, 1.82) is 0 Å². The van der Waals surface area contributed by atoms with Gasteiger partial charge in [0.2, 0.25) is 0 Å². The number of hydrogen-bond acceptors (Lipinski definition) is 6. The first kappa shape index (κ1) is 66.0. The number of unbranched alkanes of at least 4 members (excludes halogenated alkanes) is 11. The predicted molar refractivity (Wildman–Crippen MR) is 306 cm³/mol. The maximum Gasteiger partial charge on any atom is 0.306 e.